The van der Waals surface area contributed by atoms with Crippen molar-refractivity contribution in [2.45, 2.75) is 6.42 Å². The molecule has 0 unspecified atom stereocenters. The molecule has 6 heteroatoms. The summed E-state index contributed by atoms with van der Waals surface area (Å²) in [6, 6.07) is 3.63. The zero-order chi connectivity index (χ0) is 11.7. The summed E-state index contributed by atoms with van der Waals surface area (Å²) >= 11 is 4.72. The predicted octanol–water partition coefficient (Wildman–Crippen LogP) is 1.46. The quantitative estimate of drug-likeness (QED) is 0.899. The minimum absolute atomic E-state index is 0.0144. The van der Waals surface area contributed by atoms with E-state index >= 15 is 0 Å². The van der Waals surface area contributed by atoms with E-state index < -0.39 is 0 Å². The highest BCUT2D eigenvalue weighted by atomic mass is 79.9. The summed E-state index contributed by atoms with van der Waals surface area (Å²) in [7, 11) is 0. The molecule has 4 nitrogen and oxygen atoms in total. The first kappa shape index (κ1) is 11.6. The Bertz CT molecular complexity index is 432. The largest absolute Gasteiger partial charge is 0.369 e. The fraction of sp³-hybridized carbons (Fsp3) is 0.400. The van der Waals surface area contributed by atoms with E-state index in [2.05, 4.69) is 15.9 Å². The van der Waals surface area contributed by atoms with Crippen molar-refractivity contribution in [3.63, 3.8) is 0 Å². The number of nitrogens with zero attached hydrogens (tertiary/aromatic N) is 1. The Labute approximate surface area is 106 Å². The third kappa shape index (κ3) is 2.27. The molecule has 0 bridgehead atoms. The Morgan fingerprint density at radius 2 is 2.25 bits per heavy atom. The lowest BCUT2D eigenvalue weighted by Gasteiger charge is -2.14. The average Bonchev–Trinajstić information content (AvgIpc) is 2.84. The highest BCUT2D eigenvalue weighted by Crippen LogP contribution is 2.25. The molecule has 1 aliphatic rings. The van der Waals surface area contributed by atoms with Gasteiger partial charge in [-0.15, -0.1) is 11.3 Å². The summed E-state index contributed by atoms with van der Waals surface area (Å²) in [6.07, 6.45) is 0.674. The lowest BCUT2D eigenvalue weighted by Crippen LogP contribution is -2.31. The van der Waals surface area contributed by atoms with Crippen molar-refractivity contribution >= 4 is 39.1 Å². The summed E-state index contributed by atoms with van der Waals surface area (Å²) in [6.45, 7) is 1.06. The van der Waals surface area contributed by atoms with Gasteiger partial charge in [-0.05, 0) is 34.5 Å². The number of likely N-dealkylation sites (tertiary alicyclic amines) is 1. The van der Waals surface area contributed by atoms with Crippen molar-refractivity contribution < 1.29 is 9.59 Å². The number of carbonyl (C=O) groups is 2. The van der Waals surface area contributed by atoms with E-state index in [0.717, 1.165) is 3.79 Å². The zero-order valence-corrected chi connectivity index (χ0v) is 10.9. The lowest BCUT2D eigenvalue weighted by molar-refractivity contribution is -0.121. The molecule has 0 aromatic carbocycles. The molecule has 1 aliphatic heterocycles. The van der Waals surface area contributed by atoms with Crippen molar-refractivity contribution in [1.29, 1.82) is 0 Å². The Kier molecular flexibility index (Phi) is 3.30. The molecule has 1 aromatic rings. The van der Waals surface area contributed by atoms with Gasteiger partial charge in [0, 0.05) is 13.1 Å². The van der Waals surface area contributed by atoms with Crippen molar-refractivity contribution in [2.24, 2.45) is 11.7 Å². The topological polar surface area (TPSA) is 63.4 Å². The van der Waals surface area contributed by atoms with E-state index in [1.807, 2.05) is 6.07 Å². The van der Waals surface area contributed by atoms with Gasteiger partial charge in [-0.2, -0.15) is 0 Å². The van der Waals surface area contributed by atoms with Crippen LogP contribution in [0.3, 0.4) is 0 Å². The van der Waals surface area contributed by atoms with Gasteiger partial charge in [0.15, 0.2) is 0 Å². The number of hydrogen-bond donors (Lipinski definition) is 1. The van der Waals surface area contributed by atoms with E-state index in [1.165, 1.54) is 11.3 Å². The number of nitrogens with two attached hydrogens (primary N) is 1. The van der Waals surface area contributed by atoms with E-state index in [0.29, 0.717) is 24.4 Å². The Morgan fingerprint density at radius 1 is 1.50 bits per heavy atom. The maximum Gasteiger partial charge on any atom is 0.263 e. The average molecular weight is 303 g/mol. The van der Waals surface area contributed by atoms with E-state index in [-0.39, 0.29) is 17.7 Å². The summed E-state index contributed by atoms with van der Waals surface area (Å²) in [5.41, 5.74) is 5.22. The minimum atomic E-state index is -0.317. The maximum atomic E-state index is 12.0. The van der Waals surface area contributed by atoms with Crippen LogP contribution in [-0.2, 0) is 4.79 Å². The first-order valence-electron chi connectivity index (χ1n) is 4.92. The highest BCUT2D eigenvalue weighted by molar-refractivity contribution is 9.11. The van der Waals surface area contributed by atoms with Gasteiger partial charge in [0.05, 0.1) is 14.6 Å². The molecule has 1 saturated heterocycles. The van der Waals surface area contributed by atoms with Crippen molar-refractivity contribution in [1.82, 2.24) is 4.90 Å². The number of primary amides is 1. The van der Waals surface area contributed by atoms with Crippen LogP contribution in [0.5, 0.6) is 0 Å². The number of rotatable bonds is 2. The summed E-state index contributed by atoms with van der Waals surface area (Å²) < 4.78 is 0.932. The van der Waals surface area contributed by atoms with Crippen LogP contribution in [0.2, 0.25) is 0 Å². The fourth-order valence-corrected chi connectivity index (χ4v) is 3.12. The Morgan fingerprint density at radius 3 is 2.75 bits per heavy atom. The number of halogens is 1. The van der Waals surface area contributed by atoms with Crippen LogP contribution >= 0.6 is 27.3 Å². The van der Waals surface area contributed by atoms with Crippen LogP contribution in [0.4, 0.5) is 0 Å². The second-order valence-corrected chi connectivity index (χ2v) is 6.21. The van der Waals surface area contributed by atoms with E-state index in [1.54, 1.807) is 11.0 Å². The molecule has 2 heterocycles. The first-order chi connectivity index (χ1) is 7.58. The summed E-state index contributed by atoms with van der Waals surface area (Å²) in [4.78, 5) is 25.4. The molecule has 1 fully saturated rings. The van der Waals surface area contributed by atoms with Crippen LogP contribution in [0.15, 0.2) is 15.9 Å². The van der Waals surface area contributed by atoms with Crippen LogP contribution in [0, 0.1) is 5.92 Å². The van der Waals surface area contributed by atoms with Crippen LogP contribution in [0.1, 0.15) is 16.1 Å². The minimum Gasteiger partial charge on any atom is -0.369 e. The van der Waals surface area contributed by atoms with E-state index in [4.69, 9.17) is 5.73 Å². The molecule has 2 N–H and O–H groups in total. The number of hydrogen-bond acceptors (Lipinski definition) is 3. The first-order valence-corrected chi connectivity index (χ1v) is 6.53. The summed E-state index contributed by atoms with van der Waals surface area (Å²) in [5.74, 6) is -0.519. The molecule has 0 saturated carbocycles. The fourth-order valence-electron chi connectivity index (χ4n) is 1.76. The van der Waals surface area contributed by atoms with Gasteiger partial charge >= 0.3 is 0 Å². The van der Waals surface area contributed by atoms with Gasteiger partial charge < -0.3 is 10.6 Å². The van der Waals surface area contributed by atoms with Crippen LogP contribution < -0.4 is 5.73 Å². The molecule has 16 heavy (non-hydrogen) atoms. The van der Waals surface area contributed by atoms with Gasteiger partial charge in [0.25, 0.3) is 5.91 Å². The smallest absolute Gasteiger partial charge is 0.263 e. The SMILES string of the molecule is NC(=O)[C@@H]1CCN(C(=O)c2ccc(Br)s2)C1. The highest BCUT2D eigenvalue weighted by Gasteiger charge is 2.30. The number of carbonyl (C=O) groups excluding carboxylic acids is 2. The standard InChI is InChI=1S/C10H11BrN2O2S/c11-8-2-1-7(16-8)10(15)13-4-3-6(5-13)9(12)14/h1-2,6H,3-5H2,(H2,12,14)/t6-/m1/s1. The number of thiophene rings is 1. The van der Waals surface area contributed by atoms with Crippen molar-refractivity contribution in [3.8, 4) is 0 Å². The molecule has 0 spiro atoms. The molecule has 1 aromatic heterocycles. The zero-order valence-electron chi connectivity index (χ0n) is 8.48. The Balaban J connectivity index is 2.05. The second kappa shape index (κ2) is 4.55. The van der Waals surface area contributed by atoms with Crippen LogP contribution in [-0.4, -0.2) is 29.8 Å². The third-order valence-corrected chi connectivity index (χ3v) is 4.27. The molecule has 1 atom stereocenters. The molecule has 86 valence electrons. The van der Waals surface area contributed by atoms with Gasteiger partial charge in [-0.3, -0.25) is 9.59 Å². The number of amides is 2. The summed E-state index contributed by atoms with van der Waals surface area (Å²) in [5, 5.41) is 0. The molecule has 0 radical (unpaired) electrons. The normalized spacial score (nSPS) is 20.1. The molecule has 2 rings (SSSR count). The van der Waals surface area contributed by atoms with Gasteiger partial charge in [-0.25, -0.2) is 0 Å². The monoisotopic (exact) mass is 302 g/mol. The third-order valence-electron chi connectivity index (χ3n) is 2.66. The van der Waals surface area contributed by atoms with Gasteiger partial charge in [-0.1, -0.05) is 0 Å². The second-order valence-electron chi connectivity index (χ2n) is 3.74. The molecule has 2 amide bonds. The molecular weight excluding hydrogens is 292 g/mol. The van der Waals surface area contributed by atoms with Gasteiger partial charge in [0.2, 0.25) is 5.91 Å². The predicted molar refractivity (Wildman–Crippen MR) is 65.2 cm³/mol. The molecule has 0 aliphatic carbocycles. The van der Waals surface area contributed by atoms with Gasteiger partial charge in [0.1, 0.15) is 0 Å². The van der Waals surface area contributed by atoms with Crippen LogP contribution in [0.25, 0.3) is 0 Å². The molecular formula is C10H11BrN2O2S. The lowest BCUT2D eigenvalue weighted by atomic mass is 10.1. The Hall–Kier alpha value is -0.880. The van der Waals surface area contributed by atoms with Crippen molar-refractivity contribution in [3.05, 3.63) is 20.8 Å². The maximum absolute atomic E-state index is 12.0. The van der Waals surface area contributed by atoms with Crippen molar-refractivity contribution in [2.75, 3.05) is 13.1 Å². The van der Waals surface area contributed by atoms with E-state index in [9.17, 15) is 9.59 Å².